The SMILES string of the molecule is C[C@@H]1CCC[C@@H](CC(=O)O)N1. The molecule has 1 rings (SSSR count). The minimum atomic E-state index is -0.698. The number of piperidine rings is 1. The molecule has 0 spiro atoms. The van der Waals surface area contributed by atoms with Gasteiger partial charge in [-0.05, 0) is 19.8 Å². The predicted molar refractivity (Wildman–Crippen MR) is 42.5 cm³/mol. The predicted octanol–water partition coefficient (Wildman–Crippen LogP) is 0.992. The highest BCUT2D eigenvalue weighted by Gasteiger charge is 2.19. The maximum atomic E-state index is 10.3. The molecule has 0 amide bonds. The number of nitrogens with one attached hydrogen (secondary N) is 1. The van der Waals surface area contributed by atoms with E-state index in [4.69, 9.17) is 5.11 Å². The van der Waals surface area contributed by atoms with Crippen molar-refractivity contribution in [2.45, 2.75) is 44.7 Å². The van der Waals surface area contributed by atoms with Crippen molar-refractivity contribution < 1.29 is 9.90 Å². The summed E-state index contributed by atoms with van der Waals surface area (Å²) in [6.45, 7) is 2.11. The maximum absolute atomic E-state index is 10.3. The van der Waals surface area contributed by atoms with Crippen molar-refractivity contribution in [2.24, 2.45) is 0 Å². The fourth-order valence-corrected chi connectivity index (χ4v) is 1.61. The highest BCUT2D eigenvalue weighted by molar-refractivity contribution is 5.67. The summed E-state index contributed by atoms with van der Waals surface area (Å²) >= 11 is 0. The summed E-state index contributed by atoms with van der Waals surface area (Å²) in [5.74, 6) is -0.698. The van der Waals surface area contributed by atoms with Crippen LogP contribution in [-0.4, -0.2) is 23.2 Å². The van der Waals surface area contributed by atoms with Crippen LogP contribution in [-0.2, 0) is 4.79 Å². The van der Waals surface area contributed by atoms with Crippen LogP contribution in [0, 0.1) is 0 Å². The molecule has 0 aliphatic carbocycles. The molecule has 0 bridgehead atoms. The summed E-state index contributed by atoms with van der Waals surface area (Å²) in [5, 5.41) is 11.8. The van der Waals surface area contributed by atoms with Crippen molar-refractivity contribution in [3.05, 3.63) is 0 Å². The Kier molecular flexibility index (Phi) is 2.88. The lowest BCUT2D eigenvalue weighted by Crippen LogP contribution is -2.41. The van der Waals surface area contributed by atoms with Crippen molar-refractivity contribution in [1.82, 2.24) is 5.32 Å². The Balaban J connectivity index is 2.28. The fraction of sp³-hybridized carbons (Fsp3) is 0.875. The van der Waals surface area contributed by atoms with Crippen LogP contribution in [0.3, 0.4) is 0 Å². The quantitative estimate of drug-likeness (QED) is 0.628. The van der Waals surface area contributed by atoms with Gasteiger partial charge in [0.05, 0.1) is 6.42 Å². The van der Waals surface area contributed by atoms with Gasteiger partial charge in [0.1, 0.15) is 0 Å². The lowest BCUT2D eigenvalue weighted by atomic mass is 9.98. The highest BCUT2D eigenvalue weighted by atomic mass is 16.4. The van der Waals surface area contributed by atoms with Crippen LogP contribution in [0.1, 0.15) is 32.6 Å². The monoisotopic (exact) mass is 157 g/mol. The van der Waals surface area contributed by atoms with Crippen LogP contribution >= 0.6 is 0 Å². The third kappa shape index (κ3) is 2.89. The molecule has 64 valence electrons. The molecule has 1 aliphatic rings. The second-order valence-electron chi connectivity index (χ2n) is 3.29. The number of rotatable bonds is 2. The number of carboxylic acids is 1. The molecule has 0 radical (unpaired) electrons. The minimum absolute atomic E-state index is 0.205. The third-order valence-electron chi connectivity index (χ3n) is 2.13. The molecule has 0 unspecified atom stereocenters. The summed E-state index contributed by atoms with van der Waals surface area (Å²) in [6.07, 6.45) is 3.61. The molecule has 0 aromatic rings. The highest BCUT2D eigenvalue weighted by Crippen LogP contribution is 2.14. The van der Waals surface area contributed by atoms with Crippen molar-refractivity contribution in [1.29, 1.82) is 0 Å². The Morgan fingerprint density at radius 2 is 2.36 bits per heavy atom. The van der Waals surface area contributed by atoms with Crippen LogP contribution < -0.4 is 5.32 Å². The fourth-order valence-electron chi connectivity index (χ4n) is 1.61. The van der Waals surface area contributed by atoms with E-state index >= 15 is 0 Å². The molecule has 1 heterocycles. The Morgan fingerprint density at radius 3 is 2.91 bits per heavy atom. The summed E-state index contributed by atoms with van der Waals surface area (Å²) in [4.78, 5) is 10.3. The molecule has 2 atom stereocenters. The summed E-state index contributed by atoms with van der Waals surface area (Å²) in [7, 11) is 0. The van der Waals surface area contributed by atoms with Gasteiger partial charge in [-0.2, -0.15) is 0 Å². The van der Waals surface area contributed by atoms with Gasteiger partial charge in [-0.15, -0.1) is 0 Å². The van der Waals surface area contributed by atoms with Crippen molar-refractivity contribution in [3.63, 3.8) is 0 Å². The zero-order chi connectivity index (χ0) is 8.27. The van der Waals surface area contributed by atoms with E-state index < -0.39 is 5.97 Å². The Labute approximate surface area is 66.8 Å². The largest absolute Gasteiger partial charge is 0.481 e. The molecule has 3 nitrogen and oxygen atoms in total. The Morgan fingerprint density at radius 1 is 1.64 bits per heavy atom. The second kappa shape index (κ2) is 3.72. The first kappa shape index (κ1) is 8.53. The third-order valence-corrected chi connectivity index (χ3v) is 2.13. The van der Waals surface area contributed by atoms with Crippen LogP contribution in [0.25, 0.3) is 0 Å². The molecule has 0 aromatic carbocycles. The van der Waals surface area contributed by atoms with Gasteiger partial charge in [-0.25, -0.2) is 0 Å². The molecule has 0 aromatic heterocycles. The second-order valence-corrected chi connectivity index (χ2v) is 3.29. The van der Waals surface area contributed by atoms with E-state index in [1.807, 2.05) is 0 Å². The van der Waals surface area contributed by atoms with Crippen molar-refractivity contribution in [3.8, 4) is 0 Å². The molecule has 1 saturated heterocycles. The number of hydrogen-bond acceptors (Lipinski definition) is 2. The molecular formula is C8H15NO2. The van der Waals surface area contributed by atoms with E-state index in [-0.39, 0.29) is 12.5 Å². The first-order valence-corrected chi connectivity index (χ1v) is 4.16. The smallest absolute Gasteiger partial charge is 0.304 e. The Hall–Kier alpha value is -0.570. The molecule has 2 N–H and O–H groups in total. The molecule has 1 aliphatic heterocycles. The molecular weight excluding hydrogens is 142 g/mol. The number of carboxylic acid groups (broad SMARTS) is 1. The van der Waals surface area contributed by atoms with E-state index in [1.54, 1.807) is 0 Å². The Bertz CT molecular complexity index is 147. The summed E-state index contributed by atoms with van der Waals surface area (Å²) in [6, 6.07) is 0.698. The minimum Gasteiger partial charge on any atom is -0.481 e. The van der Waals surface area contributed by atoms with Crippen LogP contribution in [0.4, 0.5) is 0 Å². The maximum Gasteiger partial charge on any atom is 0.304 e. The normalized spacial score (nSPS) is 31.7. The first-order chi connectivity index (χ1) is 5.18. The number of carbonyl (C=O) groups is 1. The van der Waals surface area contributed by atoms with Gasteiger partial charge in [-0.1, -0.05) is 6.42 Å². The summed E-state index contributed by atoms with van der Waals surface area (Å²) < 4.78 is 0. The number of hydrogen-bond donors (Lipinski definition) is 2. The lowest BCUT2D eigenvalue weighted by Gasteiger charge is -2.27. The molecule has 3 heteroatoms. The summed E-state index contributed by atoms with van der Waals surface area (Å²) in [5.41, 5.74) is 0. The van der Waals surface area contributed by atoms with Gasteiger partial charge in [0.15, 0.2) is 0 Å². The average Bonchev–Trinajstić information content (AvgIpc) is 1.85. The molecule has 11 heavy (non-hydrogen) atoms. The van der Waals surface area contributed by atoms with E-state index in [0.29, 0.717) is 6.04 Å². The average molecular weight is 157 g/mol. The first-order valence-electron chi connectivity index (χ1n) is 4.16. The van der Waals surface area contributed by atoms with E-state index in [2.05, 4.69) is 12.2 Å². The van der Waals surface area contributed by atoms with Gasteiger partial charge in [0, 0.05) is 12.1 Å². The van der Waals surface area contributed by atoms with Gasteiger partial charge >= 0.3 is 5.97 Å². The van der Waals surface area contributed by atoms with Crippen molar-refractivity contribution >= 4 is 5.97 Å². The zero-order valence-corrected chi connectivity index (χ0v) is 6.84. The molecule has 0 saturated carbocycles. The van der Waals surface area contributed by atoms with E-state index in [0.717, 1.165) is 12.8 Å². The van der Waals surface area contributed by atoms with Gasteiger partial charge < -0.3 is 10.4 Å². The van der Waals surface area contributed by atoms with E-state index in [9.17, 15) is 4.79 Å². The van der Waals surface area contributed by atoms with Crippen molar-refractivity contribution in [2.75, 3.05) is 0 Å². The lowest BCUT2D eigenvalue weighted by molar-refractivity contribution is -0.137. The number of aliphatic carboxylic acids is 1. The van der Waals surface area contributed by atoms with Gasteiger partial charge in [0.2, 0.25) is 0 Å². The van der Waals surface area contributed by atoms with Gasteiger partial charge in [0.25, 0.3) is 0 Å². The standard InChI is InChI=1S/C8H15NO2/c1-6-3-2-4-7(9-6)5-8(10)11/h6-7,9H,2-5H2,1H3,(H,10,11)/t6-,7+/m1/s1. The molecule has 1 fully saturated rings. The zero-order valence-electron chi connectivity index (χ0n) is 6.84. The van der Waals surface area contributed by atoms with Crippen LogP contribution in [0.2, 0.25) is 0 Å². The van der Waals surface area contributed by atoms with Crippen LogP contribution in [0.5, 0.6) is 0 Å². The topological polar surface area (TPSA) is 49.3 Å². The van der Waals surface area contributed by atoms with Crippen LogP contribution in [0.15, 0.2) is 0 Å². The van der Waals surface area contributed by atoms with E-state index in [1.165, 1.54) is 6.42 Å². The van der Waals surface area contributed by atoms with Gasteiger partial charge in [-0.3, -0.25) is 4.79 Å².